The van der Waals surface area contributed by atoms with E-state index in [4.69, 9.17) is 4.74 Å². The van der Waals surface area contributed by atoms with Gasteiger partial charge in [-0.3, -0.25) is 4.79 Å². The quantitative estimate of drug-likeness (QED) is 0.841. The van der Waals surface area contributed by atoms with Crippen molar-refractivity contribution in [3.05, 3.63) is 35.4 Å². The number of hydrogen-bond donors (Lipinski definition) is 2. The van der Waals surface area contributed by atoms with E-state index in [-0.39, 0.29) is 18.1 Å². The molecule has 2 unspecified atom stereocenters. The first-order valence-corrected chi connectivity index (χ1v) is 7.63. The number of morpholine rings is 1. The molecular formula is C16H23N3O2. The molecule has 2 aliphatic heterocycles. The van der Waals surface area contributed by atoms with Crippen molar-refractivity contribution in [2.45, 2.75) is 18.6 Å². The van der Waals surface area contributed by atoms with E-state index in [0.29, 0.717) is 6.54 Å². The van der Waals surface area contributed by atoms with Crippen LogP contribution in [-0.4, -0.2) is 56.7 Å². The lowest BCUT2D eigenvalue weighted by Gasteiger charge is -2.31. The van der Waals surface area contributed by atoms with Crippen LogP contribution in [0.25, 0.3) is 0 Å². The Labute approximate surface area is 125 Å². The average molecular weight is 289 g/mol. The molecule has 0 saturated carbocycles. The number of carbonyl (C=O) groups excluding carboxylic acids is 1. The molecule has 0 radical (unpaired) electrons. The Bertz CT molecular complexity index is 506. The van der Waals surface area contributed by atoms with Gasteiger partial charge in [0, 0.05) is 26.2 Å². The predicted molar refractivity (Wildman–Crippen MR) is 81.1 cm³/mol. The first-order valence-electron chi connectivity index (χ1n) is 7.63. The molecule has 0 aliphatic carbocycles. The third kappa shape index (κ3) is 3.43. The van der Waals surface area contributed by atoms with Gasteiger partial charge in [0.2, 0.25) is 5.91 Å². The van der Waals surface area contributed by atoms with Gasteiger partial charge < -0.3 is 20.3 Å². The zero-order chi connectivity index (χ0) is 14.7. The van der Waals surface area contributed by atoms with Gasteiger partial charge in [0.25, 0.3) is 0 Å². The van der Waals surface area contributed by atoms with Crippen molar-refractivity contribution in [3.63, 3.8) is 0 Å². The van der Waals surface area contributed by atoms with E-state index in [1.807, 2.05) is 18.2 Å². The summed E-state index contributed by atoms with van der Waals surface area (Å²) >= 11 is 0. The maximum Gasteiger partial charge on any atom is 0.241 e. The van der Waals surface area contributed by atoms with Gasteiger partial charge in [0.1, 0.15) is 6.04 Å². The Morgan fingerprint density at radius 3 is 3.19 bits per heavy atom. The van der Waals surface area contributed by atoms with Crippen LogP contribution < -0.4 is 10.6 Å². The minimum absolute atomic E-state index is 0.0407. The van der Waals surface area contributed by atoms with Crippen LogP contribution in [0.5, 0.6) is 0 Å². The molecule has 2 atom stereocenters. The third-order valence-electron chi connectivity index (χ3n) is 4.22. The molecule has 0 spiro atoms. The third-order valence-corrected chi connectivity index (χ3v) is 4.22. The molecule has 5 heteroatoms. The summed E-state index contributed by atoms with van der Waals surface area (Å²) in [6.45, 7) is 3.99. The molecule has 1 aromatic carbocycles. The van der Waals surface area contributed by atoms with Crippen LogP contribution >= 0.6 is 0 Å². The lowest BCUT2D eigenvalue weighted by molar-refractivity contribution is -0.124. The highest BCUT2D eigenvalue weighted by molar-refractivity contribution is 5.84. The number of nitrogens with zero attached hydrogens (tertiary/aromatic N) is 1. The summed E-state index contributed by atoms with van der Waals surface area (Å²) in [5.74, 6) is 0.0407. The Hall–Kier alpha value is -1.43. The first kappa shape index (κ1) is 14.5. The van der Waals surface area contributed by atoms with Crippen LogP contribution in [0, 0.1) is 0 Å². The van der Waals surface area contributed by atoms with Crippen LogP contribution in [-0.2, 0) is 16.0 Å². The van der Waals surface area contributed by atoms with E-state index in [9.17, 15) is 4.79 Å². The maximum atomic E-state index is 12.4. The number of carbonyl (C=O) groups is 1. The summed E-state index contributed by atoms with van der Waals surface area (Å²) in [7, 11) is 2.08. The number of fused-ring (bicyclic) bond motifs is 1. The molecule has 114 valence electrons. The first-order chi connectivity index (χ1) is 10.2. The fraction of sp³-hybridized carbons (Fsp3) is 0.562. The summed E-state index contributed by atoms with van der Waals surface area (Å²) in [5, 5.41) is 6.34. The molecule has 21 heavy (non-hydrogen) atoms. The van der Waals surface area contributed by atoms with E-state index < -0.39 is 0 Å². The summed E-state index contributed by atoms with van der Waals surface area (Å²) in [6.07, 6.45) is 1.07. The number of benzene rings is 1. The Morgan fingerprint density at radius 1 is 1.48 bits per heavy atom. The molecule has 0 bridgehead atoms. The van der Waals surface area contributed by atoms with Crippen LogP contribution in [0.2, 0.25) is 0 Å². The van der Waals surface area contributed by atoms with Crippen LogP contribution in [0.4, 0.5) is 0 Å². The van der Waals surface area contributed by atoms with Crippen LogP contribution in [0.15, 0.2) is 24.3 Å². The van der Waals surface area contributed by atoms with Gasteiger partial charge in [-0.15, -0.1) is 0 Å². The molecule has 2 N–H and O–H groups in total. The molecule has 3 rings (SSSR count). The van der Waals surface area contributed by atoms with Crippen LogP contribution in [0.3, 0.4) is 0 Å². The number of amides is 1. The minimum Gasteiger partial charge on any atom is -0.374 e. The van der Waals surface area contributed by atoms with E-state index in [1.54, 1.807) is 0 Å². The number of likely N-dealkylation sites (N-methyl/N-ethyl adjacent to an activating group) is 1. The van der Waals surface area contributed by atoms with Gasteiger partial charge in [0.05, 0.1) is 12.7 Å². The SMILES string of the molecule is CN1CCOC(CNC(=O)C2NCCc3ccccc32)C1. The fourth-order valence-electron chi connectivity index (χ4n) is 3.05. The van der Waals surface area contributed by atoms with Crippen molar-refractivity contribution in [1.82, 2.24) is 15.5 Å². The van der Waals surface area contributed by atoms with E-state index in [0.717, 1.165) is 38.2 Å². The highest BCUT2D eigenvalue weighted by Gasteiger charge is 2.26. The Morgan fingerprint density at radius 2 is 2.33 bits per heavy atom. The average Bonchev–Trinajstić information content (AvgIpc) is 2.52. The largest absolute Gasteiger partial charge is 0.374 e. The molecule has 2 aliphatic rings. The molecule has 0 aromatic heterocycles. The highest BCUT2D eigenvalue weighted by atomic mass is 16.5. The zero-order valence-electron chi connectivity index (χ0n) is 12.5. The minimum atomic E-state index is -0.240. The van der Waals surface area contributed by atoms with Crippen molar-refractivity contribution >= 4 is 5.91 Å². The topological polar surface area (TPSA) is 53.6 Å². The molecule has 1 aromatic rings. The van der Waals surface area contributed by atoms with Gasteiger partial charge in [-0.1, -0.05) is 24.3 Å². The standard InChI is InChI=1S/C16H23N3O2/c1-19-8-9-21-13(11-19)10-18-16(20)15-14-5-3-2-4-12(14)6-7-17-15/h2-5,13,15,17H,6-11H2,1H3,(H,18,20). The zero-order valence-corrected chi connectivity index (χ0v) is 12.5. The highest BCUT2D eigenvalue weighted by Crippen LogP contribution is 2.22. The summed E-state index contributed by atoms with van der Waals surface area (Å²) < 4.78 is 5.68. The lowest BCUT2D eigenvalue weighted by atomic mass is 9.94. The molecule has 2 heterocycles. The van der Waals surface area contributed by atoms with E-state index in [1.165, 1.54) is 5.56 Å². The van der Waals surface area contributed by atoms with Crippen molar-refractivity contribution in [1.29, 1.82) is 0 Å². The molecule has 1 saturated heterocycles. The Balaban J connectivity index is 1.59. The Kier molecular flexibility index (Phi) is 4.53. The molecular weight excluding hydrogens is 266 g/mol. The van der Waals surface area contributed by atoms with E-state index in [2.05, 4.69) is 28.6 Å². The normalized spacial score (nSPS) is 26.1. The van der Waals surface area contributed by atoms with Crippen molar-refractivity contribution < 1.29 is 9.53 Å². The summed E-state index contributed by atoms with van der Waals surface area (Å²) in [5.41, 5.74) is 2.37. The summed E-state index contributed by atoms with van der Waals surface area (Å²) in [4.78, 5) is 14.7. The summed E-state index contributed by atoms with van der Waals surface area (Å²) in [6, 6.07) is 7.93. The smallest absolute Gasteiger partial charge is 0.241 e. The van der Waals surface area contributed by atoms with Crippen molar-refractivity contribution in [2.75, 3.05) is 39.8 Å². The second-order valence-electron chi connectivity index (χ2n) is 5.84. The number of nitrogens with one attached hydrogen (secondary N) is 2. The second kappa shape index (κ2) is 6.56. The van der Waals surface area contributed by atoms with Crippen molar-refractivity contribution in [3.8, 4) is 0 Å². The van der Waals surface area contributed by atoms with E-state index >= 15 is 0 Å². The monoisotopic (exact) mass is 289 g/mol. The van der Waals surface area contributed by atoms with Gasteiger partial charge >= 0.3 is 0 Å². The molecule has 1 fully saturated rings. The lowest BCUT2D eigenvalue weighted by Crippen LogP contribution is -2.48. The molecule has 1 amide bonds. The van der Waals surface area contributed by atoms with Gasteiger partial charge in [-0.05, 0) is 24.6 Å². The van der Waals surface area contributed by atoms with Crippen molar-refractivity contribution in [2.24, 2.45) is 0 Å². The van der Waals surface area contributed by atoms with Gasteiger partial charge in [-0.2, -0.15) is 0 Å². The number of rotatable bonds is 3. The maximum absolute atomic E-state index is 12.4. The fourth-order valence-corrected chi connectivity index (χ4v) is 3.05. The number of ether oxygens (including phenoxy) is 1. The second-order valence-corrected chi connectivity index (χ2v) is 5.84. The van der Waals surface area contributed by atoms with Gasteiger partial charge in [0.15, 0.2) is 0 Å². The number of hydrogen-bond acceptors (Lipinski definition) is 4. The van der Waals surface area contributed by atoms with Crippen LogP contribution in [0.1, 0.15) is 17.2 Å². The predicted octanol–water partition coefficient (Wildman–Crippen LogP) is 0.320. The van der Waals surface area contributed by atoms with Gasteiger partial charge in [-0.25, -0.2) is 0 Å². The molecule has 5 nitrogen and oxygen atoms in total.